The van der Waals surface area contributed by atoms with Crippen molar-refractivity contribution in [2.45, 2.75) is 6.04 Å². The Morgan fingerprint density at radius 2 is 1.68 bits per heavy atom. The molecule has 1 heterocycles. The van der Waals surface area contributed by atoms with E-state index >= 15 is 0 Å². The molecule has 14 nitrogen and oxygen atoms in total. The van der Waals surface area contributed by atoms with E-state index in [9.17, 15) is 29.8 Å². The minimum atomic E-state index is -1.45. The minimum Gasteiger partial charge on any atom is -0.369 e. The number of carbonyl (C=O) groups is 1. The smallest absolute Gasteiger partial charge is 0.272 e. The van der Waals surface area contributed by atoms with Crippen molar-refractivity contribution in [2.24, 2.45) is 16.6 Å². The summed E-state index contributed by atoms with van der Waals surface area (Å²) in [5.74, 6) is -1.12. The number of ketones is 1. The fraction of sp³-hybridized carbons (Fsp3) is 0.0588. The first-order valence-corrected chi connectivity index (χ1v) is 8.48. The maximum atomic E-state index is 13.0. The highest BCUT2D eigenvalue weighted by Crippen LogP contribution is 2.21. The number of aromatic nitrogens is 2. The summed E-state index contributed by atoms with van der Waals surface area (Å²) >= 11 is 0. The summed E-state index contributed by atoms with van der Waals surface area (Å²) in [6, 6.07) is 6.85. The van der Waals surface area contributed by atoms with Gasteiger partial charge in [-0.15, -0.1) is 5.10 Å². The molecule has 0 saturated heterocycles. The Balaban J connectivity index is 2.09. The second-order valence-electron chi connectivity index (χ2n) is 6.18. The molecule has 0 spiro atoms. The highest BCUT2D eigenvalue weighted by atomic mass is 16.6. The summed E-state index contributed by atoms with van der Waals surface area (Å²) in [6.07, 6.45) is 0. The van der Waals surface area contributed by atoms with Crippen molar-refractivity contribution in [1.29, 1.82) is 0 Å². The molecule has 0 amide bonds. The third-order valence-corrected chi connectivity index (χ3v) is 4.13. The molecule has 0 fully saturated rings. The summed E-state index contributed by atoms with van der Waals surface area (Å²) in [7, 11) is 0. The molecule has 158 valence electrons. The number of rotatable bonds is 7. The number of hydrazone groups is 1. The molecule has 0 aliphatic rings. The van der Waals surface area contributed by atoms with Gasteiger partial charge in [-0.1, -0.05) is 0 Å². The molecule has 0 saturated carbocycles. The molecule has 6 N–H and O–H groups in total. The maximum Gasteiger partial charge on any atom is 0.272 e. The van der Waals surface area contributed by atoms with Crippen LogP contribution in [0.5, 0.6) is 0 Å². The van der Waals surface area contributed by atoms with E-state index in [0.717, 1.165) is 18.2 Å². The number of H-pyrrole nitrogens is 1. The van der Waals surface area contributed by atoms with E-state index < -0.39 is 33.2 Å². The topological polar surface area (TPSA) is 226 Å². The monoisotopic (exact) mass is 426 g/mol. The van der Waals surface area contributed by atoms with Crippen LogP contribution in [0.2, 0.25) is 0 Å². The van der Waals surface area contributed by atoms with Crippen molar-refractivity contribution in [3.05, 3.63) is 84.3 Å². The molecule has 3 aromatic rings. The first kappa shape index (κ1) is 20.8. The lowest BCUT2D eigenvalue weighted by Crippen LogP contribution is -2.35. The van der Waals surface area contributed by atoms with Crippen LogP contribution in [0.4, 0.5) is 11.4 Å². The fourth-order valence-corrected chi connectivity index (χ4v) is 2.69. The summed E-state index contributed by atoms with van der Waals surface area (Å²) in [4.78, 5) is 52.7. The van der Waals surface area contributed by atoms with Crippen molar-refractivity contribution in [3.8, 4) is 0 Å². The summed E-state index contributed by atoms with van der Waals surface area (Å²) < 4.78 is 0. The number of non-ortho nitro benzene ring substituents is 2. The second kappa shape index (κ2) is 8.24. The van der Waals surface area contributed by atoms with Gasteiger partial charge >= 0.3 is 0 Å². The summed E-state index contributed by atoms with van der Waals surface area (Å²) in [5.41, 5.74) is 11.6. The number of nitro benzene ring substituents is 2. The van der Waals surface area contributed by atoms with Gasteiger partial charge in [-0.2, -0.15) is 0 Å². The molecular weight excluding hydrogens is 412 g/mol. The Morgan fingerprint density at radius 1 is 1.06 bits per heavy atom. The second-order valence-corrected chi connectivity index (χ2v) is 6.18. The fourth-order valence-electron chi connectivity index (χ4n) is 2.69. The normalized spacial score (nSPS) is 11.5. The molecule has 3 rings (SSSR count). The van der Waals surface area contributed by atoms with E-state index in [1.165, 1.54) is 24.3 Å². The van der Waals surface area contributed by atoms with Crippen LogP contribution in [0.3, 0.4) is 0 Å². The Bertz CT molecular complexity index is 1280. The lowest BCUT2D eigenvalue weighted by atomic mass is 10.0. The van der Waals surface area contributed by atoms with Crippen LogP contribution in [0.1, 0.15) is 22.1 Å². The molecular formula is C17H14N8O6. The highest BCUT2D eigenvalue weighted by molar-refractivity contribution is 6.00. The van der Waals surface area contributed by atoms with Gasteiger partial charge in [0.1, 0.15) is 5.69 Å². The van der Waals surface area contributed by atoms with Crippen molar-refractivity contribution in [1.82, 2.24) is 15.4 Å². The number of Topliss-reactive ketones (excluding diaryl/α,β-unsaturated/α-hetero) is 1. The van der Waals surface area contributed by atoms with Gasteiger partial charge in [-0.25, -0.2) is 4.98 Å². The van der Waals surface area contributed by atoms with Gasteiger partial charge in [0.15, 0.2) is 11.8 Å². The van der Waals surface area contributed by atoms with Gasteiger partial charge in [0.2, 0.25) is 5.96 Å². The van der Waals surface area contributed by atoms with Crippen LogP contribution in [0, 0.1) is 20.2 Å². The Hall–Kier alpha value is -4.88. The Kier molecular flexibility index (Phi) is 5.54. The molecule has 14 heteroatoms. The number of nitrogens with zero attached hydrogens (tertiary/aromatic N) is 4. The van der Waals surface area contributed by atoms with Crippen LogP contribution >= 0.6 is 0 Å². The van der Waals surface area contributed by atoms with E-state index in [0.29, 0.717) is 0 Å². The van der Waals surface area contributed by atoms with Crippen molar-refractivity contribution in [2.75, 3.05) is 0 Å². The third-order valence-electron chi connectivity index (χ3n) is 4.13. The van der Waals surface area contributed by atoms with Crippen LogP contribution in [0.25, 0.3) is 11.0 Å². The number of nitrogens with two attached hydrogens (primary N) is 2. The zero-order valence-corrected chi connectivity index (χ0v) is 15.5. The van der Waals surface area contributed by atoms with Gasteiger partial charge in [0.25, 0.3) is 16.9 Å². The van der Waals surface area contributed by atoms with E-state index in [1.54, 1.807) is 0 Å². The largest absolute Gasteiger partial charge is 0.369 e. The standard InChI is InChI=1S/C17H14N8O6/c18-17(19)23-22-13(15(26)8-1-3-9(4-2-8)24(28)29)14-16(27)21-12-7-10(25(30)31)5-6-11(12)20-14/h1-7,13,22H,(H,21,27)(H4,18,19,23). The number of nitrogens with one attached hydrogen (secondary N) is 2. The zero-order chi connectivity index (χ0) is 22.7. The van der Waals surface area contributed by atoms with E-state index in [2.05, 4.69) is 20.5 Å². The van der Waals surface area contributed by atoms with Crippen LogP contribution < -0.4 is 22.5 Å². The summed E-state index contributed by atoms with van der Waals surface area (Å²) in [6.45, 7) is 0. The number of nitro groups is 2. The molecule has 0 bridgehead atoms. The van der Waals surface area contributed by atoms with Crippen LogP contribution in [-0.2, 0) is 0 Å². The quantitative estimate of drug-likeness (QED) is 0.134. The number of hydrogen-bond acceptors (Lipinski definition) is 9. The van der Waals surface area contributed by atoms with Gasteiger partial charge in [0, 0.05) is 29.8 Å². The number of benzene rings is 2. The van der Waals surface area contributed by atoms with E-state index in [1.807, 2.05) is 0 Å². The Morgan fingerprint density at radius 3 is 2.26 bits per heavy atom. The molecule has 0 radical (unpaired) electrons. The number of aromatic amines is 1. The Labute approximate surface area is 171 Å². The molecule has 2 aromatic carbocycles. The SMILES string of the molecule is NC(N)=NNC(C(=O)c1ccc([N+](=O)[O-])cc1)c1nc2ccc([N+](=O)[O-])cc2[nH]c1=O. The van der Waals surface area contributed by atoms with Gasteiger partial charge in [0.05, 0.1) is 20.9 Å². The van der Waals surface area contributed by atoms with Crippen molar-refractivity contribution < 1.29 is 14.6 Å². The summed E-state index contributed by atoms with van der Waals surface area (Å²) in [5, 5.41) is 25.3. The number of hydrogen-bond donors (Lipinski definition) is 4. The zero-order valence-electron chi connectivity index (χ0n) is 15.5. The van der Waals surface area contributed by atoms with E-state index in [4.69, 9.17) is 11.5 Å². The third kappa shape index (κ3) is 4.42. The lowest BCUT2D eigenvalue weighted by molar-refractivity contribution is -0.385. The molecule has 0 aliphatic heterocycles. The van der Waals surface area contributed by atoms with Crippen molar-refractivity contribution in [3.63, 3.8) is 0 Å². The molecule has 1 unspecified atom stereocenters. The minimum absolute atomic E-state index is 0.0267. The van der Waals surface area contributed by atoms with E-state index in [-0.39, 0.29) is 33.7 Å². The van der Waals surface area contributed by atoms with Crippen LogP contribution in [-0.4, -0.2) is 31.6 Å². The van der Waals surface area contributed by atoms with Crippen LogP contribution in [0.15, 0.2) is 52.4 Å². The van der Waals surface area contributed by atoms with Gasteiger partial charge in [-0.05, 0) is 18.2 Å². The number of carbonyl (C=O) groups excluding carboxylic acids is 1. The first-order valence-electron chi connectivity index (χ1n) is 8.48. The lowest BCUT2D eigenvalue weighted by Gasteiger charge is -2.15. The first-order chi connectivity index (χ1) is 14.7. The van der Waals surface area contributed by atoms with Gasteiger partial charge < -0.3 is 16.5 Å². The molecule has 1 atom stereocenters. The molecule has 1 aromatic heterocycles. The van der Waals surface area contributed by atoms with Gasteiger partial charge in [-0.3, -0.25) is 35.2 Å². The predicted molar refractivity (Wildman–Crippen MR) is 108 cm³/mol. The highest BCUT2D eigenvalue weighted by Gasteiger charge is 2.27. The molecule has 31 heavy (non-hydrogen) atoms. The average Bonchev–Trinajstić information content (AvgIpc) is 2.73. The maximum absolute atomic E-state index is 13.0. The predicted octanol–water partition coefficient (Wildman–Crippen LogP) is 0.442. The van der Waals surface area contributed by atoms with Crippen molar-refractivity contribution >= 4 is 34.2 Å². The number of guanidine groups is 1. The number of fused-ring (bicyclic) bond motifs is 1. The average molecular weight is 426 g/mol. The molecule has 0 aliphatic carbocycles.